The number of hydrogen-bond donors (Lipinski definition) is 1. The van der Waals surface area contributed by atoms with Crippen LogP contribution in [-0.4, -0.2) is 19.6 Å². The zero-order valence-corrected chi connectivity index (χ0v) is 18.6. The third-order valence-electron chi connectivity index (χ3n) is 4.89. The van der Waals surface area contributed by atoms with Gasteiger partial charge in [0.05, 0.1) is 24.4 Å². The fourth-order valence-corrected chi connectivity index (χ4v) is 4.74. The Hall–Kier alpha value is -3.02. The monoisotopic (exact) mass is 451 g/mol. The second-order valence-electron chi connectivity index (χ2n) is 7.00. The molecule has 4 rings (SSSR count). The van der Waals surface area contributed by atoms with Crippen LogP contribution in [0.5, 0.6) is 11.5 Å². The lowest BCUT2D eigenvalue weighted by Crippen LogP contribution is -2.12. The van der Waals surface area contributed by atoms with E-state index in [0.29, 0.717) is 27.9 Å². The summed E-state index contributed by atoms with van der Waals surface area (Å²) in [6.45, 7) is 0.561. The van der Waals surface area contributed by atoms with Crippen LogP contribution in [0.2, 0.25) is 5.02 Å². The first-order valence-electron chi connectivity index (χ1n) is 9.99. The van der Waals surface area contributed by atoms with E-state index in [4.69, 9.17) is 21.1 Å². The van der Waals surface area contributed by atoms with Crippen molar-refractivity contribution in [3.05, 3.63) is 88.3 Å². The number of amides is 1. The first-order valence-corrected chi connectivity index (χ1v) is 11.2. The Kier molecular flexibility index (Phi) is 6.75. The lowest BCUT2D eigenvalue weighted by molar-refractivity contribution is 0.103. The van der Waals surface area contributed by atoms with Gasteiger partial charge in [-0.3, -0.25) is 4.79 Å². The van der Waals surface area contributed by atoms with Crippen LogP contribution >= 0.6 is 22.9 Å². The van der Waals surface area contributed by atoms with Crippen LogP contribution < -0.4 is 14.8 Å². The number of benzene rings is 3. The van der Waals surface area contributed by atoms with E-state index < -0.39 is 0 Å². The number of aryl methyl sites for hydroxylation is 1. The molecule has 31 heavy (non-hydrogen) atoms. The van der Waals surface area contributed by atoms with Crippen LogP contribution in [0.25, 0.3) is 10.1 Å². The molecule has 0 aliphatic heterocycles. The van der Waals surface area contributed by atoms with Gasteiger partial charge < -0.3 is 14.8 Å². The predicted molar refractivity (Wildman–Crippen MR) is 128 cm³/mol. The van der Waals surface area contributed by atoms with Gasteiger partial charge in [-0.2, -0.15) is 0 Å². The summed E-state index contributed by atoms with van der Waals surface area (Å²) in [6, 6.07) is 23.3. The number of thiophene rings is 1. The summed E-state index contributed by atoms with van der Waals surface area (Å²) >= 11 is 7.83. The second-order valence-corrected chi connectivity index (χ2v) is 8.43. The molecule has 1 amide bonds. The zero-order chi connectivity index (χ0) is 21.6. The highest BCUT2D eigenvalue weighted by Crippen LogP contribution is 2.38. The van der Waals surface area contributed by atoms with Crippen molar-refractivity contribution >= 4 is 44.6 Å². The number of carbonyl (C=O) groups excluding carboxylic acids is 1. The van der Waals surface area contributed by atoms with Crippen molar-refractivity contribution in [2.45, 2.75) is 12.8 Å². The van der Waals surface area contributed by atoms with Crippen molar-refractivity contribution in [1.82, 2.24) is 0 Å². The van der Waals surface area contributed by atoms with Gasteiger partial charge in [-0.05, 0) is 48.7 Å². The average Bonchev–Trinajstić information content (AvgIpc) is 3.14. The number of nitrogens with one attached hydrogen (secondary N) is 1. The fourth-order valence-electron chi connectivity index (χ4n) is 3.30. The van der Waals surface area contributed by atoms with Gasteiger partial charge in [0.25, 0.3) is 5.91 Å². The largest absolute Gasteiger partial charge is 0.497 e. The SMILES string of the molecule is COc1ccc2c(Cl)c(C(=O)Nc3ccccc3OCCCc3ccccc3)sc2c1. The van der Waals surface area contributed by atoms with Crippen molar-refractivity contribution < 1.29 is 14.3 Å². The van der Waals surface area contributed by atoms with Crippen molar-refractivity contribution in [3.63, 3.8) is 0 Å². The molecule has 0 unspecified atom stereocenters. The quantitative estimate of drug-likeness (QED) is 0.299. The van der Waals surface area contributed by atoms with Gasteiger partial charge in [-0.15, -0.1) is 11.3 Å². The Labute approximate surface area is 190 Å². The molecule has 0 bridgehead atoms. The van der Waals surface area contributed by atoms with E-state index in [1.165, 1.54) is 16.9 Å². The van der Waals surface area contributed by atoms with Crippen LogP contribution in [0.4, 0.5) is 5.69 Å². The molecule has 0 fully saturated rings. The van der Waals surface area contributed by atoms with Gasteiger partial charge in [0.2, 0.25) is 0 Å². The number of anilines is 1. The molecule has 6 heteroatoms. The Morgan fingerprint density at radius 3 is 2.61 bits per heavy atom. The molecule has 4 nitrogen and oxygen atoms in total. The van der Waals surface area contributed by atoms with Crippen LogP contribution in [0.1, 0.15) is 21.7 Å². The predicted octanol–water partition coefficient (Wildman–Crippen LogP) is 6.83. The van der Waals surface area contributed by atoms with E-state index in [9.17, 15) is 4.79 Å². The molecule has 0 aliphatic rings. The summed E-state index contributed by atoms with van der Waals surface area (Å²) in [5, 5.41) is 4.23. The lowest BCUT2D eigenvalue weighted by atomic mass is 10.1. The van der Waals surface area contributed by atoms with Gasteiger partial charge in [-0.1, -0.05) is 54.1 Å². The van der Waals surface area contributed by atoms with Gasteiger partial charge in [-0.25, -0.2) is 0 Å². The summed E-state index contributed by atoms with van der Waals surface area (Å²) < 4.78 is 12.1. The third kappa shape index (κ3) is 5.01. The number of rotatable bonds is 8. The fraction of sp³-hybridized carbons (Fsp3) is 0.160. The minimum atomic E-state index is -0.259. The molecular weight excluding hydrogens is 430 g/mol. The smallest absolute Gasteiger partial charge is 0.267 e. The minimum absolute atomic E-state index is 0.259. The minimum Gasteiger partial charge on any atom is -0.497 e. The van der Waals surface area contributed by atoms with Crippen LogP contribution in [0.3, 0.4) is 0 Å². The molecule has 0 spiro atoms. The highest BCUT2D eigenvalue weighted by molar-refractivity contribution is 7.21. The number of methoxy groups -OCH3 is 1. The number of hydrogen-bond acceptors (Lipinski definition) is 4. The standard InChI is InChI=1S/C25H22ClNO3S/c1-29-18-13-14-19-22(16-18)31-24(23(19)26)25(28)27-20-11-5-6-12-21(20)30-15-7-10-17-8-3-2-4-9-17/h2-6,8-9,11-14,16H,7,10,15H2,1H3,(H,27,28). The first-order chi connectivity index (χ1) is 15.2. The van der Waals surface area contributed by atoms with Crippen LogP contribution in [0, 0.1) is 0 Å². The zero-order valence-electron chi connectivity index (χ0n) is 17.1. The van der Waals surface area contributed by atoms with Crippen molar-refractivity contribution in [2.75, 3.05) is 19.0 Å². The molecule has 0 saturated carbocycles. The number of halogens is 1. The molecule has 1 N–H and O–H groups in total. The third-order valence-corrected chi connectivity index (χ3v) is 6.54. The highest BCUT2D eigenvalue weighted by Gasteiger charge is 2.19. The topological polar surface area (TPSA) is 47.6 Å². The maximum Gasteiger partial charge on any atom is 0.267 e. The van der Waals surface area contributed by atoms with Crippen molar-refractivity contribution in [2.24, 2.45) is 0 Å². The summed E-state index contributed by atoms with van der Waals surface area (Å²) in [7, 11) is 1.61. The number of para-hydroxylation sites is 2. The molecular formula is C25H22ClNO3S. The van der Waals surface area contributed by atoms with Crippen LogP contribution in [-0.2, 0) is 6.42 Å². The molecule has 0 saturated heterocycles. The Morgan fingerprint density at radius 1 is 1.03 bits per heavy atom. The Balaban J connectivity index is 1.44. The maximum atomic E-state index is 13.0. The maximum absolute atomic E-state index is 13.0. The molecule has 0 atom stereocenters. The molecule has 3 aromatic carbocycles. The first kappa shape index (κ1) is 21.2. The van der Waals surface area contributed by atoms with E-state index in [0.717, 1.165) is 28.7 Å². The molecule has 0 radical (unpaired) electrons. The van der Waals surface area contributed by atoms with Crippen molar-refractivity contribution in [3.8, 4) is 11.5 Å². The second kappa shape index (κ2) is 9.86. The molecule has 4 aromatic rings. The molecule has 158 valence electrons. The number of fused-ring (bicyclic) bond motifs is 1. The summed E-state index contributed by atoms with van der Waals surface area (Å²) in [6.07, 6.45) is 1.83. The molecule has 0 aliphatic carbocycles. The van der Waals surface area contributed by atoms with E-state index in [-0.39, 0.29) is 5.91 Å². The highest BCUT2D eigenvalue weighted by atomic mass is 35.5. The lowest BCUT2D eigenvalue weighted by Gasteiger charge is -2.12. The van der Waals surface area contributed by atoms with E-state index in [1.807, 2.05) is 60.7 Å². The van der Waals surface area contributed by atoms with E-state index in [2.05, 4.69) is 17.4 Å². The van der Waals surface area contributed by atoms with Gasteiger partial charge >= 0.3 is 0 Å². The average molecular weight is 452 g/mol. The van der Waals surface area contributed by atoms with E-state index >= 15 is 0 Å². The Morgan fingerprint density at radius 2 is 1.81 bits per heavy atom. The molecule has 1 aromatic heterocycles. The summed E-state index contributed by atoms with van der Waals surface area (Å²) in [5.41, 5.74) is 1.90. The number of ether oxygens (including phenoxy) is 2. The van der Waals surface area contributed by atoms with Gasteiger partial charge in [0.1, 0.15) is 16.4 Å². The van der Waals surface area contributed by atoms with Crippen molar-refractivity contribution in [1.29, 1.82) is 0 Å². The summed E-state index contributed by atoms with van der Waals surface area (Å²) in [4.78, 5) is 13.4. The van der Waals surface area contributed by atoms with Gasteiger partial charge in [0.15, 0.2) is 0 Å². The number of carbonyl (C=O) groups is 1. The van der Waals surface area contributed by atoms with Crippen LogP contribution in [0.15, 0.2) is 72.8 Å². The molecule has 1 heterocycles. The Bertz CT molecular complexity index is 1190. The normalized spacial score (nSPS) is 10.8. The summed E-state index contributed by atoms with van der Waals surface area (Å²) in [5.74, 6) is 1.11. The van der Waals surface area contributed by atoms with Gasteiger partial charge in [0, 0.05) is 10.1 Å². The van der Waals surface area contributed by atoms with E-state index in [1.54, 1.807) is 7.11 Å².